The van der Waals surface area contributed by atoms with Crippen molar-refractivity contribution in [2.24, 2.45) is 0 Å². The summed E-state index contributed by atoms with van der Waals surface area (Å²) in [7, 11) is 31.7. The standard InChI is InChI=1S/C23H45N3O.C20H39N3.C17H32N2O.C16H29NO2.C15H27NO/c1-9-21(2)13-10-14-22(3)20-27-23(4)19-26(17-11-15-24(5)6)18-12-16-25(7)8;1-8-19(2)12-9-13-20(3)18-23(16-10-14-21(4)5)17-11-15-22(6)7;1-7-16(2)9-8-10-17(3)15-20-14-13-19(6)12-11-18(4)5;1-6-15(2)8-7-9-16(3)14-19-13-12-18-11-10-17(4)5;1-6-14(2)9-7-10-15(3)13-17-12-8-11-16(4)5/h9,14,23H,1-2,10-13,15-20H2,3-8H3;8,13H,1-2,9-12,14-18H2,3-7H3;7,10H,1-2,8-9,11-15H2,3-6H3;6,9H,1-2,7-8,10-14H2,3-5H3;6,10H,1-2,7-9,11-13H2,3-5H3/b22-14+;20-13+;17-10+;16-9+;15-10+. The van der Waals surface area contributed by atoms with Crippen LogP contribution in [-0.4, -0.2) is 318 Å². The van der Waals surface area contributed by atoms with Crippen LogP contribution in [0, 0.1) is 0 Å². The fourth-order valence-electron chi connectivity index (χ4n) is 9.73. The van der Waals surface area contributed by atoms with E-state index in [1.165, 1.54) is 66.6 Å². The van der Waals surface area contributed by atoms with Gasteiger partial charge in [0.2, 0.25) is 0 Å². The van der Waals surface area contributed by atoms with Crippen molar-refractivity contribution >= 4 is 0 Å². The van der Waals surface area contributed by atoms with E-state index in [0.29, 0.717) is 26.4 Å². The minimum atomic E-state index is 0.246. The zero-order valence-corrected chi connectivity index (χ0v) is 73.5. The van der Waals surface area contributed by atoms with Crippen molar-refractivity contribution in [3.05, 3.63) is 182 Å². The van der Waals surface area contributed by atoms with E-state index in [9.17, 15) is 0 Å². The Morgan fingerprint density at radius 1 is 0.292 bits per heavy atom. The van der Waals surface area contributed by atoms with Gasteiger partial charge in [0.15, 0.2) is 0 Å². The molecule has 0 bridgehead atoms. The first-order valence-corrected chi connectivity index (χ1v) is 39.5. The Kier molecular flexibility index (Phi) is 81.6. The molecule has 0 heterocycles. The van der Waals surface area contributed by atoms with Gasteiger partial charge in [0.1, 0.15) is 0 Å². The maximum Gasteiger partial charge on any atom is 0.0704 e. The summed E-state index contributed by atoms with van der Waals surface area (Å²) in [4.78, 5) is 23.0. The highest BCUT2D eigenvalue weighted by Gasteiger charge is 2.12. The van der Waals surface area contributed by atoms with E-state index < -0.39 is 0 Å². The molecule has 0 saturated heterocycles. The smallest absolute Gasteiger partial charge is 0.0704 e. The van der Waals surface area contributed by atoms with Crippen LogP contribution in [0.3, 0.4) is 0 Å². The SMILES string of the molecule is C=CC(=C)CC/C=C(\C)CN(CCCN(C)C)CCCN(C)C.C=CC(=C)CC/C=C(\C)COC(C)CN(CCCN(C)C)CCCN(C)C.C=CC(=C)CC/C=C(\C)COCCCN(C)C.C=CC(=C)CC/C=C(\C)COCCN(C)CCN(C)C.C=CC(=C)CC/C=C(\C)COCCOCCN(C)C. The zero-order valence-electron chi connectivity index (χ0n) is 73.5. The number of rotatable bonds is 65. The Morgan fingerprint density at radius 2 is 0.575 bits per heavy atom. The average molecular weight is 1490 g/mol. The molecule has 106 heavy (non-hydrogen) atoms. The number of ether oxygens (including phenoxy) is 5. The first-order chi connectivity index (χ1) is 50.2. The third-order valence-electron chi connectivity index (χ3n) is 16.6. The molecule has 0 aliphatic carbocycles. The molecule has 1 unspecified atom stereocenters. The van der Waals surface area contributed by atoms with Crippen molar-refractivity contribution in [2.45, 2.75) is 144 Å². The third-order valence-corrected chi connectivity index (χ3v) is 16.6. The lowest BCUT2D eigenvalue weighted by Crippen LogP contribution is -2.36. The number of hydrogen-bond donors (Lipinski definition) is 0. The second-order valence-corrected chi connectivity index (χ2v) is 30.4. The topological polar surface area (TPSA) is 78.6 Å². The molecular weight excluding hydrogens is 1310 g/mol. The van der Waals surface area contributed by atoms with Crippen molar-refractivity contribution in [1.82, 2.24) is 49.0 Å². The summed E-state index contributed by atoms with van der Waals surface area (Å²) in [6, 6.07) is 0. The first-order valence-electron chi connectivity index (χ1n) is 39.5. The molecule has 0 N–H and O–H groups in total. The molecule has 0 spiro atoms. The molecule has 1 atom stereocenters. The normalized spacial score (nSPS) is 12.5. The van der Waals surface area contributed by atoms with E-state index >= 15 is 0 Å². The molecule has 0 aliphatic rings. The quantitative estimate of drug-likeness (QED) is 0.0329. The summed E-state index contributed by atoms with van der Waals surface area (Å²) in [5.74, 6) is 0. The van der Waals surface area contributed by atoms with Crippen molar-refractivity contribution in [1.29, 1.82) is 0 Å². The van der Waals surface area contributed by atoms with Gasteiger partial charge >= 0.3 is 0 Å². The van der Waals surface area contributed by atoms with Gasteiger partial charge in [0, 0.05) is 45.9 Å². The number of allylic oxidation sites excluding steroid dienone is 15. The van der Waals surface area contributed by atoms with Crippen LogP contribution in [-0.2, 0) is 23.7 Å². The van der Waals surface area contributed by atoms with Crippen LogP contribution >= 0.6 is 0 Å². The Morgan fingerprint density at radius 3 is 0.915 bits per heavy atom. The maximum atomic E-state index is 6.10. The molecule has 0 amide bonds. The van der Waals surface area contributed by atoms with Gasteiger partial charge in [-0.2, -0.15) is 0 Å². The van der Waals surface area contributed by atoms with Gasteiger partial charge in [-0.15, -0.1) is 0 Å². The van der Waals surface area contributed by atoms with Gasteiger partial charge in [-0.25, -0.2) is 0 Å². The molecule has 0 aromatic heterocycles. The summed E-state index contributed by atoms with van der Waals surface area (Å²) in [6.45, 7) is 74.2. The molecule has 0 radical (unpaired) electrons. The van der Waals surface area contributed by atoms with Gasteiger partial charge in [0.25, 0.3) is 0 Å². The predicted octanol–water partition coefficient (Wildman–Crippen LogP) is 17.2. The van der Waals surface area contributed by atoms with Crippen molar-refractivity contribution < 1.29 is 23.7 Å². The third kappa shape index (κ3) is 91.9. The van der Waals surface area contributed by atoms with Crippen LogP contribution < -0.4 is 0 Å². The van der Waals surface area contributed by atoms with E-state index in [0.717, 1.165) is 217 Å². The summed E-state index contributed by atoms with van der Waals surface area (Å²) >= 11 is 0. The highest BCUT2D eigenvalue weighted by atomic mass is 16.5. The Labute approximate surface area is 658 Å². The molecule has 616 valence electrons. The molecule has 0 aliphatic heterocycles. The maximum absolute atomic E-state index is 6.10. The van der Waals surface area contributed by atoms with Crippen LogP contribution in [0.1, 0.15) is 138 Å². The second-order valence-electron chi connectivity index (χ2n) is 30.4. The summed E-state index contributed by atoms with van der Waals surface area (Å²) in [6.07, 6.45) is 36.7. The fraction of sp³-hybridized carbons (Fsp3) is 0.670. The fourth-order valence-corrected chi connectivity index (χ4v) is 9.73. The number of nitrogens with zero attached hydrogens (tertiary/aromatic N) is 10. The molecule has 0 fully saturated rings. The Balaban J connectivity index is -0.000000405. The van der Waals surface area contributed by atoms with Crippen LogP contribution in [0.25, 0.3) is 0 Å². The second kappa shape index (κ2) is 78.6. The van der Waals surface area contributed by atoms with Crippen molar-refractivity contribution in [3.63, 3.8) is 0 Å². The van der Waals surface area contributed by atoms with Gasteiger partial charge in [0.05, 0.1) is 59.0 Å². The molecule has 0 aromatic carbocycles. The molecule has 15 nitrogen and oxygen atoms in total. The van der Waals surface area contributed by atoms with E-state index in [2.05, 4.69) is 278 Å². The van der Waals surface area contributed by atoms with E-state index in [1.807, 2.05) is 44.5 Å². The van der Waals surface area contributed by atoms with Crippen LogP contribution in [0.5, 0.6) is 0 Å². The minimum Gasteiger partial charge on any atom is -0.378 e. The molecule has 0 rings (SSSR count). The zero-order chi connectivity index (χ0) is 81.3. The average Bonchev–Trinajstić information content (AvgIpc) is 0.974. The first kappa shape index (κ1) is 110. The largest absolute Gasteiger partial charge is 0.378 e. The molecular formula is C91H172N10O5. The lowest BCUT2D eigenvalue weighted by molar-refractivity contribution is 0.0494. The van der Waals surface area contributed by atoms with E-state index in [1.54, 1.807) is 0 Å². The molecule has 15 heteroatoms. The molecule has 0 saturated carbocycles. The highest BCUT2D eigenvalue weighted by molar-refractivity contribution is 5.16. The Bertz CT molecular complexity index is 2350. The van der Waals surface area contributed by atoms with Crippen molar-refractivity contribution in [3.8, 4) is 0 Å². The van der Waals surface area contributed by atoms with E-state index in [4.69, 9.17) is 23.7 Å². The lowest BCUT2D eigenvalue weighted by atomic mass is 10.1. The number of hydrogen-bond acceptors (Lipinski definition) is 15. The van der Waals surface area contributed by atoms with Gasteiger partial charge < -0.3 is 67.8 Å². The lowest BCUT2D eigenvalue weighted by Gasteiger charge is -2.27. The van der Waals surface area contributed by atoms with Gasteiger partial charge in [-0.05, 0) is 302 Å². The van der Waals surface area contributed by atoms with Crippen LogP contribution in [0.15, 0.2) is 182 Å². The summed E-state index contributed by atoms with van der Waals surface area (Å²) < 4.78 is 28.4. The Hall–Kier alpha value is -4.50. The highest BCUT2D eigenvalue weighted by Crippen LogP contribution is 2.13. The van der Waals surface area contributed by atoms with Gasteiger partial charge in [-0.1, -0.05) is 182 Å². The van der Waals surface area contributed by atoms with Crippen LogP contribution in [0.4, 0.5) is 0 Å². The monoisotopic (exact) mass is 1490 g/mol. The molecule has 0 aromatic rings. The minimum absolute atomic E-state index is 0.246. The predicted molar refractivity (Wildman–Crippen MR) is 474 cm³/mol. The summed E-state index contributed by atoms with van der Waals surface area (Å²) in [5, 5.41) is 0. The van der Waals surface area contributed by atoms with Crippen molar-refractivity contribution in [2.75, 3.05) is 263 Å². The van der Waals surface area contributed by atoms with Crippen LogP contribution in [0.2, 0.25) is 0 Å². The summed E-state index contributed by atoms with van der Waals surface area (Å²) in [5.41, 5.74) is 12.1. The van der Waals surface area contributed by atoms with Gasteiger partial charge in [-0.3, -0.25) is 4.90 Å². The number of likely N-dealkylation sites (N-methyl/N-ethyl adjacent to an activating group) is 3. The van der Waals surface area contributed by atoms with E-state index in [-0.39, 0.29) is 6.10 Å².